The Kier molecular flexibility index (Phi) is 8.36. The van der Waals surface area contributed by atoms with Crippen LogP contribution in [0.15, 0.2) is 36.4 Å². The number of nitrogens with one attached hydrogen (secondary N) is 2. The molecule has 1 aromatic carbocycles. The van der Waals surface area contributed by atoms with Crippen molar-refractivity contribution in [2.24, 2.45) is 0 Å². The van der Waals surface area contributed by atoms with E-state index in [0.717, 1.165) is 63.0 Å². The molecule has 194 valence electrons. The third-order valence-electron chi connectivity index (χ3n) is 8.19. The van der Waals surface area contributed by atoms with Crippen LogP contribution in [-0.2, 0) is 4.79 Å². The topological polar surface area (TPSA) is 79.3 Å². The van der Waals surface area contributed by atoms with E-state index in [1.807, 2.05) is 24.3 Å². The third kappa shape index (κ3) is 6.36. The number of rotatable bonds is 10. The highest BCUT2D eigenvalue weighted by Gasteiger charge is 2.27. The molecule has 3 fully saturated rings. The zero-order chi connectivity index (χ0) is 24.7. The highest BCUT2D eigenvalue weighted by atomic mass is 16.2. The van der Waals surface area contributed by atoms with Gasteiger partial charge in [-0.15, -0.1) is 0 Å². The van der Waals surface area contributed by atoms with Crippen molar-refractivity contribution >= 4 is 11.8 Å². The number of likely N-dealkylation sites (tertiary alicyclic amines) is 1. The molecule has 1 aromatic heterocycles. The number of carbonyl (C=O) groups is 2. The summed E-state index contributed by atoms with van der Waals surface area (Å²) in [6.07, 6.45) is 12.8. The fourth-order valence-corrected chi connectivity index (χ4v) is 5.83. The van der Waals surface area contributed by atoms with Crippen LogP contribution in [0.25, 0.3) is 11.3 Å². The molecule has 0 radical (unpaired) electrons. The van der Waals surface area contributed by atoms with Crippen LogP contribution in [-0.4, -0.2) is 58.2 Å². The first-order valence-corrected chi connectivity index (χ1v) is 14.1. The lowest BCUT2D eigenvalue weighted by Gasteiger charge is -2.29. The Morgan fingerprint density at radius 3 is 2.39 bits per heavy atom. The fraction of sp³-hybridized carbons (Fsp3) is 0.621. The summed E-state index contributed by atoms with van der Waals surface area (Å²) in [7, 11) is 0. The first-order chi connectivity index (χ1) is 17.7. The molecule has 0 spiro atoms. The largest absolute Gasteiger partial charge is 0.353 e. The third-order valence-corrected chi connectivity index (χ3v) is 8.19. The summed E-state index contributed by atoms with van der Waals surface area (Å²) >= 11 is 0. The van der Waals surface area contributed by atoms with Gasteiger partial charge in [0.15, 0.2) is 5.69 Å². The van der Waals surface area contributed by atoms with Crippen LogP contribution in [0.2, 0.25) is 0 Å². The summed E-state index contributed by atoms with van der Waals surface area (Å²) in [5.74, 6) is -0.130. The van der Waals surface area contributed by atoms with Crippen molar-refractivity contribution in [1.29, 1.82) is 0 Å². The average Bonchev–Trinajstić information content (AvgIpc) is 3.56. The molecule has 2 N–H and O–H groups in total. The molecule has 7 heteroatoms. The van der Waals surface area contributed by atoms with Crippen LogP contribution in [0.1, 0.15) is 93.6 Å². The van der Waals surface area contributed by atoms with E-state index in [0.29, 0.717) is 24.2 Å². The Hall–Kier alpha value is -2.67. The van der Waals surface area contributed by atoms with E-state index in [1.54, 1.807) is 0 Å². The number of carbonyl (C=O) groups excluding carboxylic acids is 2. The molecule has 2 aliphatic carbocycles. The van der Waals surface area contributed by atoms with Gasteiger partial charge in [-0.1, -0.05) is 49.6 Å². The molecule has 36 heavy (non-hydrogen) atoms. The van der Waals surface area contributed by atoms with Crippen molar-refractivity contribution in [2.75, 3.05) is 19.6 Å². The quantitative estimate of drug-likeness (QED) is 0.505. The molecule has 1 atom stereocenters. The molecule has 1 saturated heterocycles. The van der Waals surface area contributed by atoms with Crippen molar-refractivity contribution in [3.05, 3.63) is 42.1 Å². The summed E-state index contributed by atoms with van der Waals surface area (Å²) in [6, 6.07) is 12.6. The van der Waals surface area contributed by atoms with Gasteiger partial charge in [-0.25, -0.2) is 0 Å². The Morgan fingerprint density at radius 2 is 1.69 bits per heavy atom. The lowest BCUT2D eigenvalue weighted by atomic mass is 9.93. The number of amides is 2. The molecule has 1 aliphatic heterocycles. The molecule has 2 aromatic rings. The van der Waals surface area contributed by atoms with E-state index in [-0.39, 0.29) is 17.9 Å². The predicted molar refractivity (Wildman–Crippen MR) is 142 cm³/mol. The number of piperidine rings is 1. The van der Waals surface area contributed by atoms with E-state index in [2.05, 4.69) is 32.3 Å². The first kappa shape index (κ1) is 25.0. The number of benzene rings is 1. The zero-order valence-electron chi connectivity index (χ0n) is 21.5. The number of aromatic nitrogens is 2. The Morgan fingerprint density at radius 1 is 0.944 bits per heavy atom. The van der Waals surface area contributed by atoms with Crippen molar-refractivity contribution < 1.29 is 9.59 Å². The Bertz CT molecular complexity index is 1000. The minimum absolute atomic E-state index is 0.0464. The highest BCUT2D eigenvalue weighted by molar-refractivity contribution is 5.94. The fourth-order valence-electron chi connectivity index (χ4n) is 5.83. The minimum Gasteiger partial charge on any atom is -0.353 e. The van der Waals surface area contributed by atoms with E-state index < -0.39 is 0 Å². The van der Waals surface area contributed by atoms with Crippen molar-refractivity contribution in [2.45, 2.75) is 95.2 Å². The van der Waals surface area contributed by atoms with Gasteiger partial charge in [0.25, 0.3) is 5.91 Å². The van der Waals surface area contributed by atoms with Gasteiger partial charge in [0.1, 0.15) is 0 Å². The summed E-state index contributed by atoms with van der Waals surface area (Å²) in [4.78, 5) is 28.7. The smallest absolute Gasteiger partial charge is 0.272 e. The molecular weight excluding hydrogens is 450 g/mol. The molecule has 2 heterocycles. The SMILES string of the molecule is O=C(CC(CCN1CCCCC1)NC(=O)c1cc(-c2ccccc2)n(C2CCCC2)n1)NC1CCC1. The van der Waals surface area contributed by atoms with Crippen molar-refractivity contribution in [1.82, 2.24) is 25.3 Å². The maximum absolute atomic E-state index is 13.5. The average molecular weight is 492 g/mol. The minimum atomic E-state index is -0.198. The Balaban J connectivity index is 1.30. The molecule has 1 unspecified atom stereocenters. The van der Waals surface area contributed by atoms with Crippen LogP contribution in [0.3, 0.4) is 0 Å². The second-order valence-electron chi connectivity index (χ2n) is 10.9. The van der Waals surface area contributed by atoms with Gasteiger partial charge < -0.3 is 15.5 Å². The maximum atomic E-state index is 13.5. The van der Waals surface area contributed by atoms with Crippen LogP contribution < -0.4 is 10.6 Å². The predicted octanol–water partition coefficient (Wildman–Crippen LogP) is 4.70. The number of hydrogen-bond acceptors (Lipinski definition) is 4. The summed E-state index contributed by atoms with van der Waals surface area (Å²) < 4.78 is 2.07. The van der Waals surface area contributed by atoms with Gasteiger partial charge in [0.2, 0.25) is 5.91 Å². The van der Waals surface area contributed by atoms with Crippen molar-refractivity contribution in [3.8, 4) is 11.3 Å². The normalized spacial score (nSPS) is 20.1. The van der Waals surface area contributed by atoms with Gasteiger partial charge in [0.05, 0.1) is 11.7 Å². The molecule has 7 nitrogen and oxygen atoms in total. The van der Waals surface area contributed by atoms with E-state index >= 15 is 0 Å². The van der Waals surface area contributed by atoms with Gasteiger partial charge in [-0.05, 0) is 76.1 Å². The summed E-state index contributed by atoms with van der Waals surface area (Å²) in [5.41, 5.74) is 2.53. The van der Waals surface area contributed by atoms with Gasteiger partial charge in [-0.3, -0.25) is 14.3 Å². The summed E-state index contributed by atoms with van der Waals surface area (Å²) in [6.45, 7) is 3.13. The van der Waals surface area contributed by atoms with E-state index in [1.165, 1.54) is 38.5 Å². The van der Waals surface area contributed by atoms with Crippen LogP contribution >= 0.6 is 0 Å². The van der Waals surface area contributed by atoms with Gasteiger partial charge in [0, 0.05) is 25.0 Å². The zero-order valence-corrected chi connectivity index (χ0v) is 21.5. The molecule has 5 rings (SSSR count). The maximum Gasteiger partial charge on any atom is 0.272 e. The second kappa shape index (κ2) is 12.0. The lowest BCUT2D eigenvalue weighted by molar-refractivity contribution is -0.122. The number of hydrogen-bond donors (Lipinski definition) is 2. The molecule has 2 amide bonds. The lowest BCUT2D eigenvalue weighted by Crippen LogP contribution is -2.45. The van der Waals surface area contributed by atoms with Gasteiger partial charge in [-0.2, -0.15) is 5.10 Å². The van der Waals surface area contributed by atoms with E-state index in [4.69, 9.17) is 5.10 Å². The van der Waals surface area contributed by atoms with Gasteiger partial charge >= 0.3 is 0 Å². The number of nitrogens with zero attached hydrogens (tertiary/aromatic N) is 3. The summed E-state index contributed by atoms with van der Waals surface area (Å²) in [5, 5.41) is 11.2. The standard InChI is InChI=1S/C29H41N5O2/c35-28(30-23-12-9-13-23)20-24(16-19-33-17-7-2-8-18-33)31-29(36)26-21-27(22-10-3-1-4-11-22)34(32-26)25-14-5-6-15-25/h1,3-4,10-11,21,23-25H,2,5-9,12-20H2,(H,30,35)(H,31,36). The Labute approximate surface area is 215 Å². The monoisotopic (exact) mass is 491 g/mol. The van der Waals surface area contributed by atoms with Crippen LogP contribution in [0.4, 0.5) is 0 Å². The second-order valence-corrected chi connectivity index (χ2v) is 10.9. The van der Waals surface area contributed by atoms with Crippen LogP contribution in [0, 0.1) is 0 Å². The van der Waals surface area contributed by atoms with Crippen LogP contribution in [0.5, 0.6) is 0 Å². The molecule has 3 aliphatic rings. The first-order valence-electron chi connectivity index (χ1n) is 14.1. The van der Waals surface area contributed by atoms with Crippen molar-refractivity contribution in [3.63, 3.8) is 0 Å². The molecule has 2 saturated carbocycles. The molecular formula is C29H41N5O2. The highest BCUT2D eigenvalue weighted by Crippen LogP contribution is 2.33. The van der Waals surface area contributed by atoms with E-state index in [9.17, 15) is 9.59 Å². The molecule has 0 bridgehead atoms.